The van der Waals surface area contributed by atoms with Crippen LogP contribution in [-0.4, -0.2) is 63.3 Å². The van der Waals surface area contributed by atoms with Crippen molar-refractivity contribution in [3.8, 4) is 11.5 Å². The lowest BCUT2D eigenvalue weighted by molar-refractivity contribution is 0.162. The first-order valence-electron chi connectivity index (χ1n) is 8.82. The van der Waals surface area contributed by atoms with Crippen LogP contribution < -0.4 is 9.47 Å². The number of methoxy groups -OCH3 is 2. The van der Waals surface area contributed by atoms with Gasteiger partial charge in [0.2, 0.25) is 0 Å². The van der Waals surface area contributed by atoms with Gasteiger partial charge in [0, 0.05) is 36.0 Å². The molecule has 0 N–H and O–H groups in total. The molecule has 2 aromatic rings. The lowest BCUT2D eigenvalue weighted by Crippen LogP contribution is -2.46. The van der Waals surface area contributed by atoms with Crippen molar-refractivity contribution in [3.63, 3.8) is 0 Å². The van der Waals surface area contributed by atoms with Crippen molar-refractivity contribution in [1.82, 2.24) is 9.80 Å². The van der Waals surface area contributed by atoms with Crippen LogP contribution in [0, 0.1) is 0 Å². The number of benzene rings is 2. The highest BCUT2D eigenvalue weighted by Crippen LogP contribution is 2.24. The molecule has 0 spiro atoms. The van der Waals surface area contributed by atoms with Gasteiger partial charge in [0.15, 0.2) is 0 Å². The van der Waals surface area contributed by atoms with E-state index in [0.717, 1.165) is 34.4 Å². The molecule has 2 amide bonds. The number of carbonyl (C=O) groups excluding carboxylic acids is 1. The maximum Gasteiger partial charge on any atom is 0.350 e. The van der Waals surface area contributed by atoms with E-state index in [1.54, 1.807) is 14.2 Å². The summed E-state index contributed by atoms with van der Waals surface area (Å²) in [4.78, 5) is 18.8. The van der Waals surface area contributed by atoms with E-state index in [2.05, 4.69) is 16.3 Å². The minimum atomic E-state index is -0.703. The second-order valence-corrected chi connectivity index (χ2v) is 7.99. The minimum Gasteiger partial charge on any atom is -0.497 e. The normalized spacial score (nSPS) is 14.4. The van der Waals surface area contributed by atoms with E-state index < -0.39 is 10.7 Å². The summed E-state index contributed by atoms with van der Waals surface area (Å²) in [5, 5.41) is 0. The van der Waals surface area contributed by atoms with Gasteiger partial charge in [-0.05, 0) is 66.3 Å². The summed E-state index contributed by atoms with van der Waals surface area (Å²) in [7, 11) is 4.64. The Morgan fingerprint density at radius 1 is 0.857 bits per heavy atom. The number of ether oxygens (including phenoxy) is 2. The van der Waals surface area contributed by atoms with E-state index in [4.69, 9.17) is 9.47 Å². The van der Waals surface area contributed by atoms with Crippen LogP contribution in [0.4, 0.5) is 4.79 Å². The number of likely N-dealkylation sites (N-methyl/N-ethyl adjacent to an activating group) is 1. The van der Waals surface area contributed by atoms with E-state index in [0.29, 0.717) is 13.1 Å². The fraction of sp³-hybridized carbons (Fsp3) is 0.350. The lowest BCUT2D eigenvalue weighted by Gasteiger charge is -2.31. The van der Waals surface area contributed by atoms with Gasteiger partial charge in [0.25, 0.3) is 0 Å². The molecule has 1 heterocycles. The average molecular weight is 424 g/mol. The highest BCUT2D eigenvalue weighted by Gasteiger charge is 2.20. The summed E-state index contributed by atoms with van der Waals surface area (Å²) < 4.78 is 15.1. The van der Waals surface area contributed by atoms with Gasteiger partial charge < -0.3 is 19.3 Å². The molecule has 0 aromatic heterocycles. The van der Waals surface area contributed by atoms with Crippen molar-refractivity contribution in [2.75, 3.05) is 47.4 Å². The van der Waals surface area contributed by atoms with Crippen LogP contribution in [0.1, 0.15) is 0 Å². The fourth-order valence-electron chi connectivity index (χ4n) is 2.78. The van der Waals surface area contributed by atoms with Crippen LogP contribution in [-0.2, 0) is 10.7 Å². The lowest BCUT2D eigenvalue weighted by atomic mass is 10.3. The van der Waals surface area contributed by atoms with Gasteiger partial charge in [-0.25, -0.2) is 4.79 Å². The molecule has 1 aliphatic heterocycles. The van der Waals surface area contributed by atoms with Gasteiger partial charge in [0.05, 0.1) is 14.2 Å². The van der Waals surface area contributed by atoms with E-state index in [-0.39, 0.29) is 18.4 Å². The molecule has 1 fully saturated rings. The Balaban J connectivity index is 0.00000280. The number of halogens is 1. The first kappa shape index (κ1) is 22.2. The third-order valence-electron chi connectivity index (χ3n) is 4.51. The number of piperazine rings is 1. The standard InChI is InChI=1S/C20H25N3O3S.ClH/c1-22-12-14-23(15-13-22)20(24)21-27(18-8-4-16(25-2)5-9-18)19-10-6-17(26-3)7-11-19;/h4-11H,12-15H2,1-3H3;1H. The van der Waals surface area contributed by atoms with Gasteiger partial charge in [-0.2, -0.15) is 4.36 Å². The van der Waals surface area contributed by atoms with Crippen molar-refractivity contribution in [2.24, 2.45) is 4.36 Å². The van der Waals surface area contributed by atoms with Crippen molar-refractivity contribution in [2.45, 2.75) is 9.79 Å². The molecule has 0 atom stereocenters. The summed E-state index contributed by atoms with van der Waals surface area (Å²) in [5.41, 5.74) is 0. The zero-order valence-corrected chi connectivity index (χ0v) is 18.0. The van der Waals surface area contributed by atoms with Crippen LogP contribution >= 0.6 is 12.4 Å². The Kier molecular flexibility index (Phi) is 8.29. The van der Waals surface area contributed by atoms with Crippen LogP contribution in [0.2, 0.25) is 0 Å². The Morgan fingerprint density at radius 2 is 1.29 bits per heavy atom. The van der Waals surface area contributed by atoms with Crippen LogP contribution in [0.5, 0.6) is 11.5 Å². The van der Waals surface area contributed by atoms with Crippen LogP contribution in [0.25, 0.3) is 0 Å². The second-order valence-electron chi connectivity index (χ2n) is 6.30. The molecule has 0 saturated carbocycles. The molecule has 8 heteroatoms. The van der Waals surface area contributed by atoms with Crippen molar-refractivity contribution >= 4 is 29.1 Å². The molecule has 1 saturated heterocycles. The summed E-state index contributed by atoms with van der Waals surface area (Å²) in [6.45, 7) is 3.17. The Hall–Kier alpha value is -2.09. The molecule has 0 aliphatic carbocycles. The quantitative estimate of drug-likeness (QED) is 0.752. The average Bonchev–Trinajstić information content (AvgIpc) is 2.72. The molecule has 28 heavy (non-hydrogen) atoms. The highest BCUT2D eigenvalue weighted by molar-refractivity contribution is 7.87. The number of carbonyl (C=O) groups is 1. The van der Waals surface area contributed by atoms with Crippen molar-refractivity contribution < 1.29 is 14.3 Å². The molecule has 1 aliphatic rings. The topological polar surface area (TPSA) is 54.4 Å². The maximum atomic E-state index is 12.8. The molecular weight excluding hydrogens is 398 g/mol. The third-order valence-corrected chi connectivity index (χ3v) is 6.28. The third kappa shape index (κ3) is 5.47. The highest BCUT2D eigenvalue weighted by atomic mass is 35.5. The molecular formula is C20H26ClN3O3S. The van der Waals surface area contributed by atoms with E-state index in [1.165, 1.54) is 0 Å². The summed E-state index contributed by atoms with van der Waals surface area (Å²) >= 11 is 0. The zero-order valence-electron chi connectivity index (χ0n) is 16.3. The van der Waals surface area contributed by atoms with Gasteiger partial charge in [-0.3, -0.25) is 0 Å². The summed E-state index contributed by atoms with van der Waals surface area (Å²) in [6, 6.07) is 15.3. The molecule has 0 bridgehead atoms. The predicted molar refractivity (Wildman–Crippen MR) is 114 cm³/mol. The number of amides is 2. The number of urea groups is 1. The Bertz CT molecular complexity index is 755. The molecule has 3 rings (SSSR count). The minimum absolute atomic E-state index is 0. The molecule has 2 aromatic carbocycles. The molecule has 6 nitrogen and oxygen atoms in total. The number of hydrogen-bond donors (Lipinski definition) is 0. The Labute approximate surface area is 174 Å². The van der Waals surface area contributed by atoms with Crippen molar-refractivity contribution in [3.05, 3.63) is 48.5 Å². The smallest absolute Gasteiger partial charge is 0.350 e. The molecule has 0 radical (unpaired) electrons. The van der Waals surface area contributed by atoms with E-state index >= 15 is 0 Å². The van der Waals surface area contributed by atoms with Gasteiger partial charge in [0.1, 0.15) is 11.5 Å². The first-order valence-corrected chi connectivity index (χ1v) is 10.0. The van der Waals surface area contributed by atoms with Gasteiger partial charge in [-0.1, -0.05) is 0 Å². The number of rotatable bonds is 4. The van der Waals surface area contributed by atoms with Gasteiger partial charge in [-0.15, -0.1) is 12.4 Å². The summed E-state index contributed by atoms with van der Waals surface area (Å²) in [5.74, 6) is 1.56. The largest absolute Gasteiger partial charge is 0.497 e. The summed E-state index contributed by atoms with van der Waals surface area (Å²) in [6.07, 6.45) is 0. The first-order chi connectivity index (χ1) is 13.1. The van der Waals surface area contributed by atoms with Gasteiger partial charge >= 0.3 is 6.03 Å². The molecule has 0 unspecified atom stereocenters. The van der Waals surface area contributed by atoms with Crippen LogP contribution in [0.15, 0.2) is 62.7 Å². The zero-order chi connectivity index (χ0) is 19.2. The second kappa shape index (κ2) is 10.5. The van der Waals surface area contributed by atoms with E-state index in [9.17, 15) is 4.79 Å². The Morgan fingerprint density at radius 3 is 1.68 bits per heavy atom. The van der Waals surface area contributed by atoms with Crippen LogP contribution in [0.3, 0.4) is 0 Å². The molecule has 152 valence electrons. The SMILES string of the molecule is COc1ccc(S(=NC(=O)N2CCN(C)CC2)c2ccc(OC)cc2)cc1.Cl. The maximum absolute atomic E-state index is 12.8. The fourth-order valence-corrected chi connectivity index (χ4v) is 4.33. The number of hydrogen-bond acceptors (Lipinski definition) is 4. The monoisotopic (exact) mass is 423 g/mol. The van der Waals surface area contributed by atoms with E-state index in [1.807, 2.05) is 53.4 Å². The predicted octanol–water partition coefficient (Wildman–Crippen LogP) is 3.71. The number of nitrogens with zero attached hydrogens (tertiary/aromatic N) is 3. The van der Waals surface area contributed by atoms with Crippen molar-refractivity contribution in [1.29, 1.82) is 0 Å².